The number of nitrogens with two attached hydrogens (primary N) is 1. The van der Waals surface area contributed by atoms with Gasteiger partial charge in [0.25, 0.3) is 0 Å². The molecule has 3 nitrogen and oxygen atoms in total. The third-order valence-corrected chi connectivity index (χ3v) is 4.47. The lowest BCUT2D eigenvalue weighted by Gasteiger charge is -2.16. The van der Waals surface area contributed by atoms with E-state index in [0.717, 1.165) is 51.7 Å². The zero-order chi connectivity index (χ0) is 18.4. The highest BCUT2D eigenvalue weighted by atomic mass is 16.5. The van der Waals surface area contributed by atoms with Crippen molar-refractivity contribution < 1.29 is 10.9 Å². The van der Waals surface area contributed by atoms with E-state index in [1.807, 2.05) is 20.8 Å². The maximum atomic E-state index is 6.15. The van der Waals surface area contributed by atoms with E-state index < -0.39 is 0 Å². The Morgan fingerprint density at radius 1 is 1.38 bits per heavy atom. The SMILES string of the molecule is C=C(C)C[C@H](N)CC1=CC(OCCC(CC)CCOC)CC1.CC.[HH]. The average Bonchev–Trinajstić information content (AvgIpc) is 2.99. The lowest BCUT2D eigenvalue weighted by molar-refractivity contribution is 0.0695. The number of methoxy groups -OCH3 is 1. The first-order valence-corrected chi connectivity index (χ1v) is 9.75. The lowest BCUT2D eigenvalue weighted by atomic mass is 9.99. The third kappa shape index (κ3) is 11.0. The van der Waals surface area contributed by atoms with Crippen molar-refractivity contribution in [3.05, 3.63) is 23.8 Å². The molecule has 0 fully saturated rings. The summed E-state index contributed by atoms with van der Waals surface area (Å²) in [6.07, 6.45) is 10.2. The van der Waals surface area contributed by atoms with Gasteiger partial charge in [-0.05, 0) is 51.4 Å². The van der Waals surface area contributed by atoms with Crippen LogP contribution in [0, 0.1) is 5.92 Å². The van der Waals surface area contributed by atoms with Crippen LogP contribution in [0.5, 0.6) is 0 Å². The molecule has 24 heavy (non-hydrogen) atoms. The van der Waals surface area contributed by atoms with E-state index in [9.17, 15) is 0 Å². The van der Waals surface area contributed by atoms with Crippen molar-refractivity contribution in [1.29, 1.82) is 0 Å². The molecule has 1 aliphatic rings. The van der Waals surface area contributed by atoms with Gasteiger partial charge in [0, 0.05) is 27.8 Å². The highest BCUT2D eigenvalue weighted by molar-refractivity contribution is 5.14. The van der Waals surface area contributed by atoms with Gasteiger partial charge in [-0.2, -0.15) is 0 Å². The zero-order valence-corrected chi connectivity index (χ0v) is 16.8. The van der Waals surface area contributed by atoms with Crippen LogP contribution < -0.4 is 5.73 Å². The molecule has 0 heterocycles. The fourth-order valence-electron chi connectivity index (χ4n) is 3.14. The van der Waals surface area contributed by atoms with Crippen molar-refractivity contribution in [1.82, 2.24) is 0 Å². The lowest BCUT2D eigenvalue weighted by Crippen LogP contribution is -2.20. The summed E-state index contributed by atoms with van der Waals surface area (Å²) in [5.74, 6) is 0.716. The van der Waals surface area contributed by atoms with Crippen LogP contribution in [-0.2, 0) is 9.47 Å². The molecule has 1 rings (SSSR count). The molecular weight excluding hydrogens is 298 g/mol. The molecular formula is C21H43NO2. The Hall–Kier alpha value is -0.640. The molecule has 0 aromatic carbocycles. The summed E-state index contributed by atoms with van der Waals surface area (Å²) < 4.78 is 11.2. The summed E-state index contributed by atoms with van der Waals surface area (Å²) >= 11 is 0. The van der Waals surface area contributed by atoms with E-state index in [-0.39, 0.29) is 7.47 Å². The van der Waals surface area contributed by atoms with Crippen molar-refractivity contribution in [3.63, 3.8) is 0 Å². The summed E-state index contributed by atoms with van der Waals surface area (Å²) in [5, 5.41) is 0. The first-order valence-electron chi connectivity index (χ1n) is 9.75. The Morgan fingerprint density at radius 2 is 2.04 bits per heavy atom. The summed E-state index contributed by atoms with van der Waals surface area (Å²) in [5.41, 5.74) is 8.78. The Labute approximate surface area is 152 Å². The first kappa shape index (κ1) is 23.4. The molecule has 0 amide bonds. The van der Waals surface area contributed by atoms with Crippen LogP contribution in [-0.4, -0.2) is 32.5 Å². The predicted molar refractivity (Wildman–Crippen MR) is 107 cm³/mol. The third-order valence-electron chi connectivity index (χ3n) is 4.47. The van der Waals surface area contributed by atoms with E-state index >= 15 is 0 Å². The van der Waals surface area contributed by atoms with Gasteiger partial charge in [-0.1, -0.05) is 44.4 Å². The summed E-state index contributed by atoms with van der Waals surface area (Å²) in [4.78, 5) is 0. The fraction of sp³-hybridized carbons (Fsp3) is 0.810. The number of ether oxygens (including phenoxy) is 2. The van der Waals surface area contributed by atoms with Crippen LogP contribution in [0.2, 0.25) is 0 Å². The Balaban J connectivity index is 0. The van der Waals surface area contributed by atoms with Crippen LogP contribution in [0.25, 0.3) is 0 Å². The van der Waals surface area contributed by atoms with Gasteiger partial charge in [-0.25, -0.2) is 0 Å². The molecule has 3 atom stereocenters. The van der Waals surface area contributed by atoms with E-state index in [4.69, 9.17) is 15.2 Å². The number of hydrogen-bond donors (Lipinski definition) is 1. The molecule has 2 unspecified atom stereocenters. The van der Waals surface area contributed by atoms with Gasteiger partial charge < -0.3 is 15.2 Å². The van der Waals surface area contributed by atoms with Gasteiger partial charge in [0.2, 0.25) is 0 Å². The Morgan fingerprint density at radius 3 is 2.62 bits per heavy atom. The van der Waals surface area contributed by atoms with Gasteiger partial charge in [0.05, 0.1) is 6.10 Å². The van der Waals surface area contributed by atoms with Crippen molar-refractivity contribution in [2.75, 3.05) is 20.3 Å². The van der Waals surface area contributed by atoms with Crippen molar-refractivity contribution in [3.8, 4) is 0 Å². The van der Waals surface area contributed by atoms with Crippen molar-refractivity contribution in [2.24, 2.45) is 11.7 Å². The fourth-order valence-corrected chi connectivity index (χ4v) is 3.14. The molecule has 144 valence electrons. The molecule has 0 aromatic heterocycles. The minimum absolute atomic E-state index is 0. The van der Waals surface area contributed by atoms with Crippen LogP contribution in [0.15, 0.2) is 23.8 Å². The molecule has 0 aliphatic heterocycles. The van der Waals surface area contributed by atoms with Gasteiger partial charge in [-0.15, -0.1) is 6.58 Å². The summed E-state index contributed by atoms with van der Waals surface area (Å²) in [6, 6.07) is 0.209. The largest absolute Gasteiger partial charge is 0.385 e. The van der Waals surface area contributed by atoms with Gasteiger partial charge >= 0.3 is 0 Å². The first-order chi connectivity index (χ1) is 11.5. The molecule has 0 aromatic rings. The average molecular weight is 342 g/mol. The van der Waals surface area contributed by atoms with Crippen molar-refractivity contribution in [2.45, 2.75) is 84.8 Å². The normalized spacial score (nSPS) is 19.2. The van der Waals surface area contributed by atoms with E-state index in [1.54, 1.807) is 7.11 Å². The number of hydrogen-bond acceptors (Lipinski definition) is 3. The highest BCUT2D eigenvalue weighted by Gasteiger charge is 2.18. The molecule has 1 aliphatic carbocycles. The summed E-state index contributed by atoms with van der Waals surface area (Å²) in [6.45, 7) is 13.9. The quantitative estimate of drug-likeness (QED) is 0.477. The maximum Gasteiger partial charge on any atom is 0.0761 e. The summed E-state index contributed by atoms with van der Waals surface area (Å²) in [7, 11) is 1.77. The second kappa shape index (κ2) is 14.7. The molecule has 3 heteroatoms. The van der Waals surface area contributed by atoms with Crippen LogP contribution >= 0.6 is 0 Å². The van der Waals surface area contributed by atoms with Crippen LogP contribution in [0.3, 0.4) is 0 Å². The molecule has 0 radical (unpaired) electrons. The van der Waals surface area contributed by atoms with E-state index in [2.05, 4.69) is 19.6 Å². The second-order valence-corrected chi connectivity index (χ2v) is 6.74. The second-order valence-electron chi connectivity index (χ2n) is 6.74. The predicted octanol–water partition coefficient (Wildman–Crippen LogP) is 5.50. The molecule has 0 saturated carbocycles. The van der Waals surface area contributed by atoms with E-state index in [1.165, 1.54) is 17.6 Å². The van der Waals surface area contributed by atoms with Gasteiger partial charge in [0.15, 0.2) is 0 Å². The van der Waals surface area contributed by atoms with Crippen LogP contribution in [0.4, 0.5) is 0 Å². The number of rotatable bonds is 12. The Kier molecular flexibility index (Phi) is 14.3. The molecule has 0 bridgehead atoms. The smallest absolute Gasteiger partial charge is 0.0761 e. The Bertz CT molecular complexity index is 358. The minimum Gasteiger partial charge on any atom is -0.385 e. The van der Waals surface area contributed by atoms with E-state index in [0.29, 0.717) is 12.0 Å². The van der Waals surface area contributed by atoms with Gasteiger partial charge in [0.1, 0.15) is 0 Å². The topological polar surface area (TPSA) is 44.5 Å². The molecule has 0 saturated heterocycles. The zero-order valence-electron chi connectivity index (χ0n) is 16.8. The minimum atomic E-state index is 0. The standard InChI is InChI=1S/C19H35NO2.C2H6.H2/c1-5-16(8-10-21-4)9-11-22-19-7-6-17(14-19)13-18(20)12-15(2)3;1-2;/h14,16,18-19H,2,5-13,20H2,1,3-4H3;1-2H3;1H/t16?,18-,19?;;/m0../s1. The van der Waals surface area contributed by atoms with Gasteiger partial charge in [-0.3, -0.25) is 0 Å². The molecule has 2 N–H and O–H groups in total. The molecule has 0 spiro atoms. The van der Waals surface area contributed by atoms with Crippen molar-refractivity contribution >= 4 is 0 Å². The monoisotopic (exact) mass is 341 g/mol. The maximum absolute atomic E-state index is 6.15. The highest BCUT2D eigenvalue weighted by Crippen LogP contribution is 2.26. The van der Waals surface area contributed by atoms with Crippen LogP contribution in [0.1, 0.15) is 74.1 Å².